The Kier molecular flexibility index (Phi) is 3.92. The van der Waals surface area contributed by atoms with Crippen LogP contribution in [0.15, 0.2) is 42.7 Å². The first kappa shape index (κ1) is 19.5. The third kappa shape index (κ3) is 2.32. The van der Waals surface area contributed by atoms with Crippen LogP contribution in [0.1, 0.15) is 49.9 Å². The van der Waals surface area contributed by atoms with Gasteiger partial charge in [0.15, 0.2) is 0 Å². The van der Waals surface area contributed by atoms with Crippen LogP contribution in [0.2, 0.25) is 0 Å². The molecule has 0 unspecified atom stereocenters. The fourth-order valence-electron chi connectivity index (χ4n) is 6.22. The molecule has 1 aromatic carbocycles. The monoisotopic (exact) mass is 435 g/mol. The summed E-state index contributed by atoms with van der Waals surface area (Å²) in [6.07, 6.45) is 5.21. The van der Waals surface area contributed by atoms with Crippen LogP contribution in [0.4, 0.5) is 8.78 Å². The zero-order chi connectivity index (χ0) is 22.3. The number of carbonyl (C=O) groups excluding carboxylic acids is 1. The number of benzene rings is 1. The maximum absolute atomic E-state index is 14.4. The summed E-state index contributed by atoms with van der Waals surface area (Å²) in [6, 6.07) is 7.57. The molecule has 2 bridgehead atoms. The second kappa shape index (κ2) is 6.43. The van der Waals surface area contributed by atoms with Crippen LogP contribution in [0, 0.1) is 17.0 Å². The number of amides is 1. The maximum atomic E-state index is 14.4. The molecule has 3 aliphatic rings. The number of aromatic nitrogens is 4. The smallest absolute Gasteiger partial charge is 0.235 e. The molecule has 1 saturated heterocycles. The predicted molar refractivity (Wildman–Crippen MR) is 113 cm³/mol. The number of fused-ring (bicyclic) bond motifs is 5. The van der Waals surface area contributed by atoms with Crippen molar-refractivity contribution in [2.45, 2.75) is 44.1 Å². The topological polar surface area (TPSA) is 63.9 Å². The molecule has 8 heteroatoms. The summed E-state index contributed by atoms with van der Waals surface area (Å²) in [7, 11) is 0. The molecular weight excluding hydrogens is 412 g/mol. The van der Waals surface area contributed by atoms with Crippen LogP contribution < -0.4 is 0 Å². The van der Waals surface area contributed by atoms with Crippen LogP contribution in [-0.4, -0.2) is 43.9 Å². The van der Waals surface area contributed by atoms with Gasteiger partial charge >= 0.3 is 0 Å². The largest absolute Gasteiger partial charge is 0.337 e. The van der Waals surface area contributed by atoms with E-state index in [1.54, 1.807) is 12.3 Å². The van der Waals surface area contributed by atoms with Gasteiger partial charge in [0.05, 0.1) is 28.4 Å². The normalized spacial score (nSPS) is 25.6. The third-order valence-corrected chi connectivity index (χ3v) is 8.01. The van der Waals surface area contributed by atoms with E-state index in [-0.39, 0.29) is 34.5 Å². The first-order valence-electron chi connectivity index (χ1n) is 11.0. The molecule has 3 heterocycles. The minimum Gasteiger partial charge on any atom is -0.337 e. The third-order valence-electron chi connectivity index (χ3n) is 8.01. The van der Waals surface area contributed by atoms with Crippen LogP contribution in [-0.2, 0) is 10.2 Å². The van der Waals surface area contributed by atoms with Gasteiger partial charge in [-0.15, -0.1) is 5.10 Å². The standard InChI is InChI=1S/C24H23F2N5O/c1-23(2)16-7-8-24(23,22(32)30-12-14(13-30)31-10-4-9-27-31)21-15(16)11-19(28-29-21)20-17(25)5-3-6-18(20)26/h3-6,9-11,14,16H,7-8,12-13H2,1-2H3/t16-,24+/m1/s1. The number of carbonyl (C=O) groups is 1. The van der Waals surface area contributed by atoms with Gasteiger partial charge in [0, 0.05) is 25.5 Å². The Labute approximate surface area is 184 Å². The van der Waals surface area contributed by atoms with E-state index < -0.39 is 17.0 Å². The van der Waals surface area contributed by atoms with Gasteiger partial charge < -0.3 is 4.90 Å². The van der Waals surface area contributed by atoms with Crippen molar-refractivity contribution < 1.29 is 13.6 Å². The van der Waals surface area contributed by atoms with E-state index in [1.165, 1.54) is 18.2 Å². The quantitative estimate of drug-likeness (QED) is 0.627. The summed E-state index contributed by atoms with van der Waals surface area (Å²) < 4.78 is 30.6. The minimum atomic E-state index is -0.763. The number of halogens is 2. The molecule has 1 amide bonds. The van der Waals surface area contributed by atoms with Gasteiger partial charge in [-0.2, -0.15) is 10.2 Å². The average molecular weight is 435 g/mol. The molecule has 2 fully saturated rings. The lowest BCUT2D eigenvalue weighted by molar-refractivity contribution is -0.147. The average Bonchev–Trinajstić information content (AvgIpc) is 3.38. The lowest BCUT2D eigenvalue weighted by Crippen LogP contribution is -2.59. The molecule has 3 aromatic rings. The highest BCUT2D eigenvalue weighted by atomic mass is 19.1. The Bertz CT molecular complexity index is 1210. The molecule has 2 atom stereocenters. The Hall–Kier alpha value is -3.16. The number of hydrogen-bond donors (Lipinski definition) is 0. The van der Waals surface area contributed by atoms with Gasteiger partial charge in [0.2, 0.25) is 5.91 Å². The Morgan fingerprint density at radius 1 is 1.12 bits per heavy atom. The second-order valence-electron chi connectivity index (χ2n) is 9.70. The molecule has 0 spiro atoms. The van der Waals surface area contributed by atoms with Crippen molar-refractivity contribution in [2.75, 3.05) is 13.1 Å². The maximum Gasteiger partial charge on any atom is 0.235 e. The van der Waals surface area contributed by atoms with Gasteiger partial charge in [-0.3, -0.25) is 9.48 Å². The van der Waals surface area contributed by atoms with Gasteiger partial charge in [0.25, 0.3) is 0 Å². The van der Waals surface area contributed by atoms with Crippen molar-refractivity contribution >= 4 is 5.91 Å². The number of rotatable bonds is 3. The Balaban J connectivity index is 1.38. The molecule has 1 aliphatic heterocycles. The first-order valence-corrected chi connectivity index (χ1v) is 11.0. The van der Waals surface area contributed by atoms with Crippen LogP contribution in [0.3, 0.4) is 0 Å². The van der Waals surface area contributed by atoms with Crippen LogP contribution in [0.25, 0.3) is 11.3 Å². The molecule has 0 N–H and O–H groups in total. The number of nitrogens with zero attached hydrogens (tertiary/aromatic N) is 5. The fraction of sp³-hybridized carbons (Fsp3) is 0.417. The molecule has 6 nitrogen and oxygen atoms in total. The van der Waals surface area contributed by atoms with Crippen molar-refractivity contribution in [3.63, 3.8) is 0 Å². The van der Waals surface area contributed by atoms with Gasteiger partial charge in [-0.05, 0) is 54.0 Å². The Morgan fingerprint density at radius 2 is 1.88 bits per heavy atom. The molecule has 6 rings (SSSR count). The molecule has 0 radical (unpaired) electrons. The Morgan fingerprint density at radius 3 is 2.56 bits per heavy atom. The van der Waals surface area contributed by atoms with E-state index in [0.29, 0.717) is 25.2 Å². The molecule has 2 aliphatic carbocycles. The minimum absolute atomic E-state index is 0.0753. The summed E-state index contributed by atoms with van der Waals surface area (Å²) in [6.45, 7) is 5.45. The zero-order valence-corrected chi connectivity index (χ0v) is 17.9. The summed E-state index contributed by atoms with van der Waals surface area (Å²) >= 11 is 0. The van der Waals surface area contributed by atoms with Crippen LogP contribution in [0.5, 0.6) is 0 Å². The van der Waals surface area contributed by atoms with E-state index in [4.69, 9.17) is 0 Å². The molecule has 164 valence electrons. The zero-order valence-electron chi connectivity index (χ0n) is 17.9. The van der Waals surface area contributed by atoms with Gasteiger partial charge in [-0.1, -0.05) is 19.9 Å². The van der Waals surface area contributed by atoms with Crippen molar-refractivity contribution in [1.82, 2.24) is 24.9 Å². The summed E-state index contributed by atoms with van der Waals surface area (Å²) in [5.41, 5.74) is 0.450. The van der Waals surface area contributed by atoms with E-state index in [2.05, 4.69) is 29.1 Å². The van der Waals surface area contributed by atoms with E-state index >= 15 is 0 Å². The van der Waals surface area contributed by atoms with Crippen molar-refractivity contribution in [3.05, 3.63) is 65.6 Å². The molecule has 32 heavy (non-hydrogen) atoms. The molecule has 2 aromatic heterocycles. The van der Waals surface area contributed by atoms with Gasteiger partial charge in [-0.25, -0.2) is 8.78 Å². The van der Waals surface area contributed by atoms with Crippen molar-refractivity contribution in [1.29, 1.82) is 0 Å². The lowest BCUT2D eigenvalue weighted by Gasteiger charge is -2.46. The van der Waals surface area contributed by atoms with Crippen molar-refractivity contribution in [3.8, 4) is 11.3 Å². The highest BCUT2D eigenvalue weighted by molar-refractivity contribution is 5.92. The summed E-state index contributed by atoms with van der Waals surface area (Å²) in [4.78, 5) is 15.8. The molecular formula is C24H23F2N5O. The van der Waals surface area contributed by atoms with E-state index in [0.717, 1.165) is 12.0 Å². The predicted octanol–water partition coefficient (Wildman–Crippen LogP) is 3.86. The van der Waals surface area contributed by atoms with Crippen LogP contribution >= 0.6 is 0 Å². The second-order valence-corrected chi connectivity index (χ2v) is 9.70. The number of likely N-dealkylation sites (tertiary alicyclic amines) is 1. The fourth-order valence-corrected chi connectivity index (χ4v) is 6.22. The van der Waals surface area contributed by atoms with E-state index in [9.17, 15) is 13.6 Å². The number of hydrogen-bond acceptors (Lipinski definition) is 4. The lowest BCUT2D eigenvalue weighted by atomic mass is 9.67. The van der Waals surface area contributed by atoms with Gasteiger partial charge in [0.1, 0.15) is 11.6 Å². The molecule has 1 saturated carbocycles. The highest BCUT2D eigenvalue weighted by Gasteiger charge is 2.68. The van der Waals surface area contributed by atoms with Crippen molar-refractivity contribution in [2.24, 2.45) is 5.41 Å². The SMILES string of the molecule is CC1(C)[C@@H]2CC[C@@]1(C(=O)N1CC(n3cccn3)C1)c1nnc(-c3c(F)cccc3F)cc12. The highest BCUT2D eigenvalue weighted by Crippen LogP contribution is 2.68. The summed E-state index contributed by atoms with van der Waals surface area (Å²) in [5, 5.41) is 12.9. The summed E-state index contributed by atoms with van der Waals surface area (Å²) in [5.74, 6) is -1.17. The first-order chi connectivity index (χ1) is 15.3. The van der Waals surface area contributed by atoms with E-state index in [1.807, 2.05) is 21.8 Å².